The Labute approximate surface area is 140 Å². The fraction of sp³-hybridized carbons (Fsp3) is 0. The molecule has 0 unspecified atom stereocenters. The van der Waals surface area contributed by atoms with Crippen LogP contribution in [0.5, 0.6) is 0 Å². The molecule has 23 heavy (non-hydrogen) atoms. The van der Waals surface area contributed by atoms with Gasteiger partial charge in [-0.2, -0.15) is 0 Å². The highest BCUT2D eigenvalue weighted by Crippen LogP contribution is 2.20. The largest absolute Gasteiger partial charge is 0.319 e. The van der Waals surface area contributed by atoms with Crippen LogP contribution in [0.15, 0.2) is 65.4 Å². The number of aromatic nitrogens is 2. The molecule has 0 saturated carbocycles. The zero-order chi connectivity index (χ0) is 16.2. The molecule has 0 atom stereocenters. The van der Waals surface area contributed by atoms with Gasteiger partial charge in [-0.15, -0.1) is 0 Å². The van der Waals surface area contributed by atoms with E-state index in [1.807, 2.05) is 30.3 Å². The van der Waals surface area contributed by atoms with Crippen LogP contribution < -0.4 is 5.32 Å². The Kier molecular flexibility index (Phi) is 4.43. The normalized spacial score (nSPS) is 10.3. The molecule has 4 nitrogen and oxygen atoms in total. The number of hydrogen-bond acceptors (Lipinski definition) is 3. The van der Waals surface area contributed by atoms with Crippen molar-refractivity contribution in [2.24, 2.45) is 0 Å². The van der Waals surface area contributed by atoms with Gasteiger partial charge in [0.25, 0.3) is 5.91 Å². The minimum absolute atomic E-state index is 0.206. The molecule has 6 heteroatoms. The zero-order valence-electron chi connectivity index (χ0n) is 11.8. The van der Waals surface area contributed by atoms with Crippen molar-refractivity contribution in [3.8, 4) is 11.4 Å². The van der Waals surface area contributed by atoms with E-state index in [4.69, 9.17) is 0 Å². The van der Waals surface area contributed by atoms with Crippen molar-refractivity contribution >= 4 is 27.5 Å². The van der Waals surface area contributed by atoms with E-state index in [1.165, 1.54) is 30.6 Å². The van der Waals surface area contributed by atoms with Gasteiger partial charge < -0.3 is 5.32 Å². The molecule has 3 aromatic rings. The molecule has 0 spiro atoms. The molecule has 1 N–H and O–H groups in total. The van der Waals surface area contributed by atoms with Crippen molar-refractivity contribution < 1.29 is 9.18 Å². The van der Waals surface area contributed by atoms with E-state index >= 15 is 0 Å². The van der Waals surface area contributed by atoms with E-state index in [-0.39, 0.29) is 5.56 Å². The highest BCUT2D eigenvalue weighted by Gasteiger charge is 2.12. The number of benzene rings is 2. The lowest BCUT2D eigenvalue weighted by Gasteiger charge is -2.07. The molecular formula is C17H11BrFN3O. The van der Waals surface area contributed by atoms with E-state index < -0.39 is 11.7 Å². The third kappa shape index (κ3) is 3.60. The van der Waals surface area contributed by atoms with Gasteiger partial charge >= 0.3 is 0 Å². The second-order valence-electron chi connectivity index (χ2n) is 4.74. The Bertz CT molecular complexity index is 838. The number of amides is 1. The SMILES string of the molecule is O=C(Nc1cnc(-c2ccccc2)nc1)c1cc(F)ccc1Br. The van der Waals surface area contributed by atoms with Gasteiger partial charge in [-0.1, -0.05) is 30.3 Å². The maximum absolute atomic E-state index is 13.3. The van der Waals surface area contributed by atoms with Gasteiger partial charge in [0.05, 0.1) is 23.6 Å². The van der Waals surface area contributed by atoms with Crippen LogP contribution in [0.25, 0.3) is 11.4 Å². The lowest BCUT2D eigenvalue weighted by Crippen LogP contribution is -2.13. The Balaban J connectivity index is 1.78. The predicted molar refractivity (Wildman–Crippen MR) is 89.5 cm³/mol. The summed E-state index contributed by atoms with van der Waals surface area (Å²) >= 11 is 3.23. The minimum atomic E-state index is -0.478. The maximum atomic E-state index is 13.3. The molecule has 1 aromatic heterocycles. The van der Waals surface area contributed by atoms with E-state index in [2.05, 4.69) is 31.2 Å². The topological polar surface area (TPSA) is 54.9 Å². The fourth-order valence-electron chi connectivity index (χ4n) is 2.00. The summed E-state index contributed by atoms with van der Waals surface area (Å²) < 4.78 is 13.8. The summed E-state index contributed by atoms with van der Waals surface area (Å²) in [5.41, 5.74) is 1.53. The van der Waals surface area contributed by atoms with Crippen LogP contribution in [0, 0.1) is 5.82 Å². The summed E-state index contributed by atoms with van der Waals surface area (Å²) in [5.74, 6) is -0.350. The third-order valence-corrected chi connectivity index (χ3v) is 3.81. The number of halogens is 2. The lowest BCUT2D eigenvalue weighted by atomic mass is 10.2. The summed E-state index contributed by atoms with van der Waals surface area (Å²) in [4.78, 5) is 20.6. The van der Waals surface area contributed by atoms with Crippen LogP contribution in [-0.4, -0.2) is 15.9 Å². The van der Waals surface area contributed by atoms with Crippen LogP contribution in [0.2, 0.25) is 0 Å². The van der Waals surface area contributed by atoms with E-state index in [0.717, 1.165) is 5.56 Å². The van der Waals surface area contributed by atoms with Crippen LogP contribution in [0.3, 0.4) is 0 Å². The van der Waals surface area contributed by atoms with Gasteiger partial charge in [-0.25, -0.2) is 14.4 Å². The molecular weight excluding hydrogens is 361 g/mol. The van der Waals surface area contributed by atoms with E-state index in [0.29, 0.717) is 16.0 Å². The molecule has 2 aromatic carbocycles. The molecule has 1 amide bonds. The van der Waals surface area contributed by atoms with Gasteiger partial charge in [0.1, 0.15) is 5.82 Å². The van der Waals surface area contributed by atoms with Crippen molar-refractivity contribution in [2.75, 3.05) is 5.32 Å². The van der Waals surface area contributed by atoms with Crippen molar-refractivity contribution in [1.29, 1.82) is 0 Å². The summed E-state index contributed by atoms with van der Waals surface area (Å²) in [6, 6.07) is 13.4. The first-order chi connectivity index (χ1) is 11.1. The number of anilines is 1. The molecule has 0 fully saturated rings. The molecule has 3 rings (SSSR count). The molecule has 0 aliphatic carbocycles. The number of nitrogens with zero attached hydrogens (tertiary/aromatic N) is 2. The third-order valence-electron chi connectivity index (χ3n) is 3.11. The first-order valence-corrected chi connectivity index (χ1v) is 7.56. The van der Waals surface area contributed by atoms with Gasteiger partial charge in [0.2, 0.25) is 0 Å². The van der Waals surface area contributed by atoms with Crippen LogP contribution >= 0.6 is 15.9 Å². The molecule has 0 bridgehead atoms. The second-order valence-corrected chi connectivity index (χ2v) is 5.59. The van der Waals surface area contributed by atoms with Gasteiger partial charge in [-0.3, -0.25) is 4.79 Å². The highest BCUT2D eigenvalue weighted by molar-refractivity contribution is 9.10. The maximum Gasteiger partial charge on any atom is 0.256 e. The Morgan fingerprint density at radius 1 is 1.04 bits per heavy atom. The Morgan fingerprint density at radius 3 is 2.43 bits per heavy atom. The standard InChI is InChI=1S/C17H11BrFN3O/c18-15-7-6-12(19)8-14(15)17(23)22-13-9-20-16(21-10-13)11-4-2-1-3-5-11/h1-10H,(H,22,23). The number of hydrogen-bond donors (Lipinski definition) is 1. The van der Waals surface area contributed by atoms with Gasteiger partial charge in [0, 0.05) is 10.0 Å². The van der Waals surface area contributed by atoms with E-state index in [9.17, 15) is 9.18 Å². The first-order valence-electron chi connectivity index (χ1n) is 6.77. The van der Waals surface area contributed by atoms with Crippen molar-refractivity contribution in [3.05, 3.63) is 76.8 Å². The minimum Gasteiger partial charge on any atom is -0.319 e. The summed E-state index contributed by atoms with van der Waals surface area (Å²) in [5, 5.41) is 2.64. The monoisotopic (exact) mass is 371 g/mol. The zero-order valence-corrected chi connectivity index (χ0v) is 13.4. The lowest BCUT2D eigenvalue weighted by molar-refractivity contribution is 0.102. The van der Waals surface area contributed by atoms with Crippen LogP contribution in [-0.2, 0) is 0 Å². The van der Waals surface area contributed by atoms with E-state index in [1.54, 1.807) is 0 Å². The van der Waals surface area contributed by atoms with Crippen molar-refractivity contribution in [2.45, 2.75) is 0 Å². The quantitative estimate of drug-likeness (QED) is 0.746. The highest BCUT2D eigenvalue weighted by atomic mass is 79.9. The molecule has 0 aliphatic heterocycles. The van der Waals surface area contributed by atoms with Crippen molar-refractivity contribution in [1.82, 2.24) is 9.97 Å². The average molecular weight is 372 g/mol. The van der Waals surface area contributed by atoms with Crippen molar-refractivity contribution in [3.63, 3.8) is 0 Å². The summed E-state index contributed by atoms with van der Waals surface area (Å²) in [6.07, 6.45) is 3.03. The number of carbonyl (C=O) groups excluding carboxylic acids is 1. The number of carbonyl (C=O) groups is 1. The van der Waals surface area contributed by atoms with Gasteiger partial charge in [-0.05, 0) is 34.1 Å². The number of rotatable bonds is 3. The molecule has 114 valence electrons. The molecule has 0 radical (unpaired) electrons. The van der Waals surface area contributed by atoms with Crippen LogP contribution in [0.4, 0.5) is 10.1 Å². The smallest absolute Gasteiger partial charge is 0.256 e. The van der Waals surface area contributed by atoms with Crippen LogP contribution in [0.1, 0.15) is 10.4 Å². The molecule has 0 aliphatic rings. The van der Waals surface area contributed by atoms with Gasteiger partial charge in [0.15, 0.2) is 5.82 Å². The molecule has 0 saturated heterocycles. The fourth-order valence-corrected chi connectivity index (χ4v) is 2.43. The average Bonchev–Trinajstić information content (AvgIpc) is 2.58. The summed E-state index contributed by atoms with van der Waals surface area (Å²) in [7, 11) is 0. The second kappa shape index (κ2) is 6.66. The molecule has 1 heterocycles. The predicted octanol–water partition coefficient (Wildman–Crippen LogP) is 4.30. The first kappa shape index (κ1) is 15.3. The number of nitrogens with one attached hydrogen (secondary N) is 1. The summed E-state index contributed by atoms with van der Waals surface area (Å²) in [6.45, 7) is 0. The Morgan fingerprint density at radius 2 is 1.74 bits per heavy atom. The Hall–Kier alpha value is -2.60.